The molecule has 1 fully saturated rings. The van der Waals surface area contributed by atoms with E-state index in [2.05, 4.69) is 69.2 Å². The molecular formula is C36H36N6O2S. The molecule has 228 valence electrons. The molecule has 0 spiro atoms. The number of pyridine rings is 1. The first-order valence-electron chi connectivity index (χ1n) is 14.8. The van der Waals surface area contributed by atoms with Gasteiger partial charge in [-0.3, -0.25) is 9.78 Å². The second-order valence-electron chi connectivity index (χ2n) is 11.3. The molecule has 0 saturated carbocycles. The van der Waals surface area contributed by atoms with Crippen LogP contribution >= 0.6 is 12.2 Å². The summed E-state index contributed by atoms with van der Waals surface area (Å²) in [6.45, 7) is 4.22. The van der Waals surface area contributed by atoms with Gasteiger partial charge in [-0.2, -0.15) is 0 Å². The lowest BCUT2D eigenvalue weighted by atomic mass is 9.96. The summed E-state index contributed by atoms with van der Waals surface area (Å²) in [6.07, 6.45) is 1.81. The molecule has 0 aliphatic carbocycles. The van der Waals surface area contributed by atoms with Gasteiger partial charge in [0, 0.05) is 54.4 Å². The molecule has 1 amide bonds. The molecule has 6 rings (SSSR count). The molecule has 2 aromatic heterocycles. The van der Waals surface area contributed by atoms with Crippen molar-refractivity contribution in [1.82, 2.24) is 14.9 Å². The van der Waals surface area contributed by atoms with Crippen LogP contribution in [0.25, 0.3) is 5.69 Å². The average Bonchev–Trinajstić information content (AvgIpc) is 3.55. The molecule has 1 aliphatic heterocycles. The second-order valence-corrected chi connectivity index (χ2v) is 11.7. The Morgan fingerprint density at radius 1 is 0.933 bits per heavy atom. The van der Waals surface area contributed by atoms with Gasteiger partial charge in [-0.05, 0) is 110 Å². The summed E-state index contributed by atoms with van der Waals surface area (Å²) in [5.74, 6) is 0.417. The molecule has 1 saturated heterocycles. The van der Waals surface area contributed by atoms with Crippen molar-refractivity contribution in [2.45, 2.75) is 25.9 Å². The van der Waals surface area contributed by atoms with Crippen LogP contribution < -0.4 is 25.2 Å². The zero-order chi connectivity index (χ0) is 31.5. The number of carbonyl (C=O) groups excluding carboxylic acids is 1. The summed E-state index contributed by atoms with van der Waals surface area (Å²) in [5.41, 5.74) is 8.18. The van der Waals surface area contributed by atoms with Gasteiger partial charge in [0.1, 0.15) is 5.75 Å². The lowest BCUT2D eigenvalue weighted by Gasteiger charge is -2.28. The molecular weight excluding hydrogens is 581 g/mol. The lowest BCUT2D eigenvalue weighted by Crippen LogP contribution is -2.29. The summed E-state index contributed by atoms with van der Waals surface area (Å²) in [5, 5.41) is 7.09. The van der Waals surface area contributed by atoms with Gasteiger partial charge in [0.2, 0.25) is 0 Å². The number of thiocarbonyl (C=S) groups is 1. The normalized spacial score (nSPS) is 15.9. The van der Waals surface area contributed by atoms with Crippen molar-refractivity contribution in [3.05, 3.63) is 132 Å². The maximum atomic E-state index is 12.6. The highest BCUT2D eigenvalue weighted by atomic mass is 32.1. The van der Waals surface area contributed by atoms with Crippen molar-refractivity contribution in [1.29, 1.82) is 0 Å². The van der Waals surface area contributed by atoms with Crippen molar-refractivity contribution < 1.29 is 9.53 Å². The number of hydrogen-bond donors (Lipinski definition) is 2. The van der Waals surface area contributed by atoms with Gasteiger partial charge < -0.3 is 29.7 Å². The zero-order valence-electron chi connectivity index (χ0n) is 25.8. The number of aromatic nitrogens is 2. The Balaban J connectivity index is 1.30. The fourth-order valence-corrected chi connectivity index (χ4v) is 6.25. The first kappa shape index (κ1) is 29.9. The minimum atomic E-state index is -0.232. The first-order valence-corrected chi connectivity index (χ1v) is 15.3. The van der Waals surface area contributed by atoms with Crippen LogP contribution in [0.15, 0.2) is 109 Å². The van der Waals surface area contributed by atoms with Crippen molar-refractivity contribution in [2.75, 3.05) is 35.8 Å². The minimum Gasteiger partial charge on any atom is -0.484 e. The molecule has 3 heterocycles. The fourth-order valence-electron chi connectivity index (χ4n) is 5.90. The number of aryl methyl sites for hydroxylation is 1. The van der Waals surface area contributed by atoms with Crippen molar-refractivity contribution in [3.63, 3.8) is 0 Å². The Labute approximate surface area is 269 Å². The molecule has 2 atom stereocenters. The van der Waals surface area contributed by atoms with Crippen molar-refractivity contribution in [2.24, 2.45) is 0 Å². The van der Waals surface area contributed by atoms with Crippen LogP contribution in [0.4, 0.5) is 17.1 Å². The predicted octanol–water partition coefficient (Wildman–Crippen LogP) is 6.75. The van der Waals surface area contributed by atoms with E-state index in [4.69, 9.17) is 21.9 Å². The summed E-state index contributed by atoms with van der Waals surface area (Å²) in [6, 6.07) is 33.5. The van der Waals surface area contributed by atoms with Gasteiger partial charge in [0.15, 0.2) is 11.7 Å². The van der Waals surface area contributed by atoms with Gasteiger partial charge in [0.05, 0.1) is 17.8 Å². The second kappa shape index (κ2) is 12.8. The number of nitrogens with zero attached hydrogens (tertiary/aromatic N) is 4. The Morgan fingerprint density at radius 2 is 1.62 bits per heavy atom. The molecule has 1 aliphatic rings. The molecule has 45 heavy (non-hydrogen) atoms. The van der Waals surface area contributed by atoms with Crippen LogP contribution in [0.5, 0.6) is 5.75 Å². The van der Waals surface area contributed by atoms with Crippen LogP contribution in [0.3, 0.4) is 0 Å². The Kier molecular flexibility index (Phi) is 8.53. The van der Waals surface area contributed by atoms with Crippen molar-refractivity contribution in [3.8, 4) is 11.4 Å². The number of amides is 1. The minimum absolute atomic E-state index is 0.0762. The standard InChI is InChI=1S/C36H36N6O2S/c1-24-22-31(25(2)41(24)28-19-17-27(18-20-28)40(3)4)35-34(32-12-8-9-21-37-32)39-36(45)42(35)29-15-13-26(14-16-29)38-33(43)23-44-30-10-6-5-7-11-30/h5-22,34-35H,23H2,1-4H3,(H,38,43)(H,39,45). The number of rotatable bonds is 9. The Hall–Kier alpha value is -5.15. The van der Waals surface area contributed by atoms with E-state index in [0.29, 0.717) is 16.5 Å². The highest BCUT2D eigenvalue weighted by Gasteiger charge is 2.42. The van der Waals surface area contributed by atoms with Gasteiger partial charge in [-0.15, -0.1) is 0 Å². The fraction of sp³-hybridized carbons (Fsp3) is 0.194. The maximum Gasteiger partial charge on any atom is 0.262 e. The van der Waals surface area contributed by atoms with E-state index in [9.17, 15) is 4.79 Å². The summed E-state index contributed by atoms with van der Waals surface area (Å²) >= 11 is 5.96. The van der Waals surface area contributed by atoms with E-state index in [1.807, 2.05) is 93.1 Å². The largest absolute Gasteiger partial charge is 0.484 e. The van der Waals surface area contributed by atoms with E-state index in [0.717, 1.165) is 39.7 Å². The topological polar surface area (TPSA) is 74.7 Å². The van der Waals surface area contributed by atoms with E-state index >= 15 is 0 Å². The number of carbonyl (C=O) groups is 1. The maximum absolute atomic E-state index is 12.6. The molecule has 8 nitrogen and oxygen atoms in total. The van der Waals surface area contributed by atoms with E-state index in [1.54, 1.807) is 0 Å². The van der Waals surface area contributed by atoms with E-state index in [-0.39, 0.29) is 24.6 Å². The van der Waals surface area contributed by atoms with Crippen LogP contribution in [-0.2, 0) is 4.79 Å². The Bertz CT molecular complexity index is 1790. The summed E-state index contributed by atoms with van der Waals surface area (Å²) in [4.78, 5) is 21.5. The van der Waals surface area contributed by atoms with Crippen LogP contribution in [0.1, 0.15) is 34.7 Å². The zero-order valence-corrected chi connectivity index (χ0v) is 26.6. The summed E-state index contributed by atoms with van der Waals surface area (Å²) in [7, 11) is 4.09. The third-order valence-electron chi connectivity index (χ3n) is 8.05. The molecule has 9 heteroatoms. The molecule has 3 aromatic carbocycles. The highest BCUT2D eigenvalue weighted by molar-refractivity contribution is 7.80. The first-order chi connectivity index (χ1) is 21.8. The third-order valence-corrected chi connectivity index (χ3v) is 8.37. The van der Waals surface area contributed by atoms with Crippen LogP contribution in [0, 0.1) is 13.8 Å². The molecule has 2 unspecified atom stereocenters. The lowest BCUT2D eigenvalue weighted by molar-refractivity contribution is -0.118. The molecule has 0 bridgehead atoms. The third kappa shape index (κ3) is 6.25. The Morgan fingerprint density at radius 3 is 2.29 bits per heavy atom. The number of hydrogen-bond acceptors (Lipinski definition) is 5. The van der Waals surface area contributed by atoms with Crippen LogP contribution in [0.2, 0.25) is 0 Å². The van der Waals surface area contributed by atoms with Crippen LogP contribution in [-0.4, -0.2) is 41.3 Å². The number of anilines is 3. The monoisotopic (exact) mass is 616 g/mol. The molecule has 0 radical (unpaired) electrons. The number of nitrogens with one attached hydrogen (secondary N) is 2. The summed E-state index contributed by atoms with van der Waals surface area (Å²) < 4.78 is 7.88. The van der Waals surface area contributed by atoms with Gasteiger partial charge in [0.25, 0.3) is 5.91 Å². The number of para-hydroxylation sites is 1. The average molecular weight is 617 g/mol. The van der Waals surface area contributed by atoms with Gasteiger partial charge >= 0.3 is 0 Å². The predicted molar refractivity (Wildman–Crippen MR) is 185 cm³/mol. The SMILES string of the molecule is Cc1cc(C2C(c3ccccn3)NC(=S)N2c2ccc(NC(=O)COc3ccccc3)cc2)c(C)n1-c1ccc(N(C)C)cc1. The smallest absolute Gasteiger partial charge is 0.262 e. The quantitative estimate of drug-likeness (QED) is 0.178. The van der Waals surface area contributed by atoms with Crippen molar-refractivity contribution >= 4 is 40.3 Å². The number of benzene rings is 3. The molecule has 2 N–H and O–H groups in total. The van der Waals surface area contributed by atoms with Gasteiger partial charge in [-0.25, -0.2) is 0 Å². The highest BCUT2D eigenvalue weighted by Crippen LogP contribution is 2.44. The van der Waals surface area contributed by atoms with E-state index < -0.39 is 0 Å². The molecule has 5 aromatic rings. The van der Waals surface area contributed by atoms with E-state index in [1.165, 1.54) is 0 Å². The van der Waals surface area contributed by atoms with Gasteiger partial charge in [-0.1, -0.05) is 24.3 Å². The number of ether oxygens (including phenoxy) is 1.